The second-order valence-electron chi connectivity index (χ2n) is 3.69. The average molecular weight is 213 g/mol. The zero-order valence-corrected chi connectivity index (χ0v) is 9.83. The molecule has 0 aliphatic carbocycles. The minimum Gasteiger partial charge on any atom is -0.468 e. The van der Waals surface area contributed by atoms with Gasteiger partial charge in [-0.25, -0.2) is 0 Å². The molecule has 0 saturated carbocycles. The quantitative estimate of drug-likeness (QED) is 0.731. The van der Waals surface area contributed by atoms with Crippen LogP contribution in [0.4, 0.5) is 0 Å². The summed E-state index contributed by atoms with van der Waals surface area (Å²) >= 11 is 4.29. The first-order valence-electron chi connectivity index (χ1n) is 5.11. The third-order valence-electron chi connectivity index (χ3n) is 2.29. The Balaban J connectivity index is 2.39. The molecular formula is C11H19NOS. The summed E-state index contributed by atoms with van der Waals surface area (Å²) in [7, 11) is 0. The number of hydrogen-bond acceptors (Lipinski definition) is 3. The van der Waals surface area contributed by atoms with E-state index in [1.165, 1.54) is 0 Å². The van der Waals surface area contributed by atoms with Crippen molar-refractivity contribution in [2.75, 3.05) is 18.8 Å². The molecule has 0 fully saturated rings. The summed E-state index contributed by atoms with van der Waals surface area (Å²) in [4.78, 5) is 2.37. The average Bonchev–Trinajstić information content (AvgIpc) is 2.69. The van der Waals surface area contributed by atoms with Crippen LogP contribution in [0.25, 0.3) is 0 Å². The van der Waals surface area contributed by atoms with Crippen molar-refractivity contribution >= 4 is 12.6 Å². The highest BCUT2D eigenvalue weighted by Crippen LogP contribution is 2.08. The van der Waals surface area contributed by atoms with Crippen molar-refractivity contribution in [3.63, 3.8) is 0 Å². The minimum atomic E-state index is 0.633. The van der Waals surface area contributed by atoms with Crippen LogP contribution in [0.15, 0.2) is 22.8 Å². The molecule has 3 heteroatoms. The van der Waals surface area contributed by atoms with Crippen LogP contribution in [0.2, 0.25) is 0 Å². The van der Waals surface area contributed by atoms with E-state index in [2.05, 4.69) is 31.4 Å². The van der Waals surface area contributed by atoms with Crippen LogP contribution >= 0.6 is 12.6 Å². The van der Waals surface area contributed by atoms with Gasteiger partial charge in [0, 0.05) is 6.54 Å². The van der Waals surface area contributed by atoms with Gasteiger partial charge in [0.05, 0.1) is 12.8 Å². The minimum absolute atomic E-state index is 0.633. The van der Waals surface area contributed by atoms with Gasteiger partial charge in [-0.15, -0.1) is 0 Å². The Morgan fingerprint density at radius 1 is 1.57 bits per heavy atom. The van der Waals surface area contributed by atoms with Gasteiger partial charge < -0.3 is 4.42 Å². The Bertz CT molecular complexity index is 235. The Labute approximate surface area is 91.7 Å². The van der Waals surface area contributed by atoms with Crippen LogP contribution in [0.3, 0.4) is 0 Å². The van der Waals surface area contributed by atoms with Crippen LogP contribution in [0.5, 0.6) is 0 Å². The number of rotatable bonds is 6. The Morgan fingerprint density at radius 2 is 2.36 bits per heavy atom. The van der Waals surface area contributed by atoms with Gasteiger partial charge in [-0.2, -0.15) is 12.6 Å². The summed E-state index contributed by atoms with van der Waals surface area (Å²) < 4.78 is 5.32. The van der Waals surface area contributed by atoms with E-state index in [1.54, 1.807) is 6.26 Å². The van der Waals surface area contributed by atoms with E-state index < -0.39 is 0 Å². The molecule has 0 bridgehead atoms. The van der Waals surface area contributed by atoms with Crippen molar-refractivity contribution in [1.82, 2.24) is 4.90 Å². The maximum Gasteiger partial charge on any atom is 0.117 e. The van der Waals surface area contributed by atoms with Crippen LogP contribution in [-0.4, -0.2) is 23.7 Å². The molecule has 0 spiro atoms. The lowest BCUT2D eigenvalue weighted by Crippen LogP contribution is -2.28. The van der Waals surface area contributed by atoms with Gasteiger partial charge in [0.25, 0.3) is 0 Å². The number of thiol groups is 1. The summed E-state index contributed by atoms with van der Waals surface area (Å²) in [6.45, 7) is 7.44. The monoisotopic (exact) mass is 213 g/mol. The van der Waals surface area contributed by atoms with Gasteiger partial charge in [0.15, 0.2) is 0 Å². The lowest BCUT2D eigenvalue weighted by molar-refractivity contribution is 0.231. The summed E-state index contributed by atoms with van der Waals surface area (Å²) in [5.74, 6) is 2.61. The molecule has 0 amide bonds. The molecule has 1 aromatic rings. The third-order valence-corrected chi connectivity index (χ3v) is 2.91. The molecule has 1 atom stereocenters. The second kappa shape index (κ2) is 6.14. The predicted octanol–water partition coefficient (Wildman–Crippen LogP) is 2.67. The van der Waals surface area contributed by atoms with Gasteiger partial charge in [-0.05, 0) is 30.3 Å². The summed E-state index contributed by atoms with van der Waals surface area (Å²) in [5, 5.41) is 0. The fourth-order valence-corrected chi connectivity index (χ4v) is 1.54. The van der Waals surface area contributed by atoms with Crippen LogP contribution < -0.4 is 0 Å². The van der Waals surface area contributed by atoms with Gasteiger partial charge in [-0.1, -0.05) is 13.8 Å². The highest BCUT2D eigenvalue weighted by molar-refractivity contribution is 7.80. The van der Waals surface area contributed by atoms with E-state index in [9.17, 15) is 0 Å². The van der Waals surface area contributed by atoms with Crippen molar-refractivity contribution in [2.24, 2.45) is 5.92 Å². The second-order valence-corrected chi connectivity index (χ2v) is 4.06. The maximum atomic E-state index is 5.32. The van der Waals surface area contributed by atoms with Crippen molar-refractivity contribution in [2.45, 2.75) is 20.4 Å². The molecule has 1 aromatic heterocycles. The number of nitrogens with zero attached hydrogens (tertiary/aromatic N) is 1. The van der Waals surface area contributed by atoms with E-state index in [1.807, 2.05) is 12.1 Å². The first kappa shape index (κ1) is 11.7. The van der Waals surface area contributed by atoms with Gasteiger partial charge in [0.1, 0.15) is 5.76 Å². The Morgan fingerprint density at radius 3 is 2.86 bits per heavy atom. The van der Waals surface area contributed by atoms with E-state index in [-0.39, 0.29) is 0 Å². The highest BCUT2D eigenvalue weighted by Gasteiger charge is 2.09. The molecule has 2 nitrogen and oxygen atoms in total. The molecule has 0 aromatic carbocycles. The highest BCUT2D eigenvalue weighted by atomic mass is 32.1. The van der Waals surface area contributed by atoms with E-state index in [0.717, 1.165) is 31.1 Å². The summed E-state index contributed by atoms with van der Waals surface area (Å²) in [6, 6.07) is 3.96. The first-order valence-corrected chi connectivity index (χ1v) is 5.75. The molecule has 1 heterocycles. The molecular weight excluding hydrogens is 194 g/mol. The molecule has 0 aliphatic heterocycles. The fraction of sp³-hybridized carbons (Fsp3) is 0.636. The van der Waals surface area contributed by atoms with Crippen LogP contribution in [0, 0.1) is 5.92 Å². The van der Waals surface area contributed by atoms with E-state index in [0.29, 0.717) is 5.92 Å². The first-order chi connectivity index (χ1) is 6.76. The Hall–Kier alpha value is -0.410. The fourth-order valence-electron chi connectivity index (χ4n) is 1.43. The SMILES string of the molecule is CCN(Cc1ccco1)CC(C)CS. The van der Waals surface area contributed by atoms with Gasteiger partial charge >= 0.3 is 0 Å². The largest absolute Gasteiger partial charge is 0.468 e. The lowest BCUT2D eigenvalue weighted by Gasteiger charge is -2.22. The summed E-state index contributed by atoms with van der Waals surface area (Å²) in [6.07, 6.45) is 1.73. The molecule has 1 rings (SSSR count). The summed E-state index contributed by atoms with van der Waals surface area (Å²) in [5.41, 5.74) is 0. The number of furan rings is 1. The van der Waals surface area contributed by atoms with Crippen molar-refractivity contribution in [1.29, 1.82) is 0 Å². The van der Waals surface area contributed by atoms with Gasteiger partial charge in [0.2, 0.25) is 0 Å². The molecule has 1 unspecified atom stereocenters. The zero-order chi connectivity index (χ0) is 10.4. The van der Waals surface area contributed by atoms with E-state index in [4.69, 9.17) is 4.42 Å². The molecule has 80 valence electrons. The zero-order valence-electron chi connectivity index (χ0n) is 8.94. The number of hydrogen-bond donors (Lipinski definition) is 1. The molecule has 0 N–H and O–H groups in total. The molecule has 0 radical (unpaired) electrons. The van der Waals surface area contributed by atoms with E-state index >= 15 is 0 Å². The normalized spacial score (nSPS) is 13.4. The smallest absolute Gasteiger partial charge is 0.117 e. The predicted molar refractivity (Wildman–Crippen MR) is 62.7 cm³/mol. The Kier molecular flexibility index (Phi) is 5.12. The van der Waals surface area contributed by atoms with Crippen molar-refractivity contribution in [3.05, 3.63) is 24.2 Å². The third kappa shape index (κ3) is 3.76. The topological polar surface area (TPSA) is 16.4 Å². The van der Waals surface area contributed by atoms with Crippen LogP contribution in [-0.2, 0) is 6.54 Å². The molecule has 0 saturated heterocycles. The van der Waals surface area contributed by atoms with Crippen LogP contribution in [0.1, 0.15) is 19.6 Å². The van der Waals surface area contributed by atoms with Crippen molar-refractivity contribution < 1.29 is 4.42 Å². The molecule has 0 aliphatic rings. The van der Waals surface area contributed by atoms with Gasteiger partial charge in [-0.3, -0.25) is 4.90 Å². The maximum absolute atomic E-state index is 5.32. The van der Waals surface area contributed by atoms with Crippen molar-refractivity contribution in [3.8, 4) is 0 Å². The standard InChI is InChI=1S/C11H19NOS/c1-3-12(7-10(2)9-14)8-11-5-4-6-13-11/h4-6,10,14H,3,7-9H2,1-2H3. The lowest BCUT2D eigenvalue weighted by atomic mass is 10.2. The molecule has 14 heavy (non-hydrogen) atoms.